The van der Waals surface area contributed by atoms with Gasteiger partial charge in [-0.2, -0.15) is 0 Å². The summed E-state index contributed by atoms with van der Waals surface area (Å²) >= 11 is 0. The average molecular weight is 561 g/mol. The Morgan fingerprint density at radius 2 is 1.62 bits per heavy atom. The van der Waals surface area contributed by atoms with E-state index in [4.69, 9.17) is 10.7 Å². The van der Waals surface area contributed by atoms with E-state index < -0.39 is 0 Å². The Kier molecular flexibility index (Phi) is 8.22. The molecule has 0 bridgehead atoms. The van der Waals surface area contributed by atoms with Gasteiger partial charge in [-0.3, -0.25) is 9.69 Å². The van der Waals surface area contributed by atoms with Crippen LogP contribution in [0.3, 0.4) is 0 Å². The van der Waals surface area contributed by atoms with Crippen LogP contribution in [0.5, 0.6) is 0 Å². The number of rotatable bonds is 9. The van der Waals surface area contributed by atoms with Crippen LogP contribution in [0.2, 0.25) is 0 Å². The molecule has 7 heteroatoms. The van der Waals surface area contributed by atoms with Gasteiger partial charge in [0.1, 0.15) is 5.82 Å². The predicted octanol–water partition coefficient (Wildman–Crippen LogP) is 5.87. The molecular formula is C35H40N6O. The second-order valence-electron chi connectivity index (χ2n) is 11.5. The first-order chi connectivity index (χ1) is 20.5. The zero-order chi connectivity index (χ0) is 29.1. The van der Waals surface area contributed by atoms with Crippen LogP contribution in [0.25, 0.3) is 21.8 Å². The summed E-state index contributed by atoms with van der Waals surface area (Å²) < 4.78 is 2.15. The van der Waals surface area contributed by atoms with Gasteiger partial charge in [0.05, 0.1) is 17.1 Å². The Morgan fingerprint density at radius 1 is 0.905 bits per heavy atom. The minimum Gasteiger partial charge on any atom is -0.382 e. The number of amides is 1. The van der Waals surface area contributed by atoms with Crippen LogP contribution in [0, 0.1) is 0 Å². The lowest BCUT2D eigenvalue weighted by Crippen LogP contribution is -2.48. The number of hydrogen-bond donors (Lipinski definition) is 3. The molecule has 0 saturated carbocycles. The van der Waals surface area contributed by atoms with Crippen molar-refractivity contribution in [3.05, 3.63) is 102 Å². The maximum absolute atomic E-state index is 13.2. The maximum atomic E-state index is 13.2. The van der Waals surface area contributed by atoms with Crippen molar-refractivity contribution in [1.82, 2.24) is 14.5 Å². The van der Waals surface area contributed by atoms with Crippen molar-refractivity contribution in [1.29, 1.82) is 0 Å². The highest BCUT2D eigenvalue weighted by molar-refractivity contribution is 5.96. The number of nitrogens with zero attached hydrogens (tertiary/aromatic N) is 3. The predicted molar refractivity (Wildman–Crippen MR) is 173 cm³/mol. The largest absolute Gasteiger partial charge is 0.382 e. The number of piperidine rings is 1. The molecule has 0 spiro atoms. The second-order valence-corrected chi connectivity index (χ2v) is 11.5. The Balaban J connectivity index is 1.02. The fourth-order valence-electron chi connectivity index (χ4n) is 6.01. The van der Waals surface area contributed by atoms with Gasteiger partial charge in [-0.1, -0.05) is 54.6 Å². The maximum Gasteiger partial charge on any atom is 0.241 e. The molecule has 0 radical (unpaired) electrons. The number of carbonyl (C=O) groups excluding carboxylic acids is 1. The van der Waals surface area contributed by atoms with E-state index in [1.54, 1.807) is 0 Å². The zero-order valence-electron chi connectivity index (χ0n) is 24.5. The van der Waals surface area contributed by atoms with Gasteiger partial charge < -0.3 is 20.9 Å². The molecule has 1 aromatic heterocycles. The van der Waals surface area contributed by atoms with E-state index in [0.29, 0.717) is 12.6 Å². The van der Waals surface area contributed by atoms with E-state index in [2.05, 4.69) is 93.9 Å². The summed E-state index contributed by atoms with van der Waals surface area (Å²) in [7, 11) is 2.06. The van der Waals surface area contributed by atoms with Gasteiger partial charge in [0.2, 0.25) is 5.91 Å². The van der Waals surface area contributed by atoms with Crippen LogP contribution in [0.4, 0.5) is 11.4 Å². The molecule has 6 rings (SSSR count). The summed E-state index contributed by atoms with van der Waals surface area (Å²) in [5, 5.41) is 9.35. The van der Waals surface area contributed by atoms with Crippen molar-refractivity contribution in [2.45, 2.75) is 51.2 Å². The lowest BCUT2D eigenvalue weighted by atomic mass is 10.0. The SMILES string of the molecule is CC(C(=O)Nc1ccc2c(c1)nc(CCc1ccc(CN)cc1)n2C)N1CCC(Nc2ccc3ccccc3c2)CC1. The summed E-state index contributed by atoms with van der Waals surface area (Å²) in [6, 6.07) is 29.7. The highest BCUT2D eigenvalue weighted by Crippen LogP contribution is 2.24. The van der Waals surface area contributed by atoms with Crippen molar-refractivity contribution in [2.24, 2.45) is 12.8 Å². The molecule has 1 unspecified atom stereocenters. The Morgan fingerprint density at radius 3 is 2.38 bits per heavy atom. The summed E-state index contributed by atoms with van der Waals surface area (Å²) in [6.07, 6.45) is 3.77. The number of aryl methyl sites for hydroxylation is 3. The first-order valence-electron chi connectivity index (χ1n) is 15.0. The molecule has 5 aromatic rings. The van der Waals surface area contributed by atoms with E-state index in [9.17, 15) is 4.79 Å². The number of anilines is 2. The highest BCUT2D eigenvalue weighted by Gasteiger charge is 2.27. The first kappa shape index (κ1) is 27.9. The molecule has 42 heavy (non-hydrogen) atoms. The number of fused-ring (bicyclic) bond motifs is 2. The van der Waals surface area contributed by atoms with Gasteiger partial charge in [-0.15, -0.1) is 0 Å². The summed E-state index contributed by atoms with van der Waals surface area (Å²) in [5.74, 6) is 1.05. The van der Waals surface area contributed by atoms with Gasteiger partial charge in [0, 0.05) is 50.5 Å². The Bertz CT molecular complexity index is 1680. The van der Waals surface area contributed by atoms with E-state index in [1.807, 2.05) is 25.1 Å². The highest BCUT2D eigenvalue weighted by atomic mass is 16.2. The topological polar surface area (TPSA) is 88.2 Å². The van der Waals surface area contributed by atoms with Crippen LogP contribution in [-0.4, -0.2) is 45.5 Å². The van der Waals surface area contributed by atoms with Gasteiger partial charge in [0.25, 0.3) is 0 Å². The molecule has 4 N–H and O–H groups in total. The van der Waals surface area contributed by atoms with E-state index in [-0.39, 0.29) is 11.9 Å². The molecular weight excluding hydrogens is 520 g/mol. The fourth-order valence-corrected chi connectivity index (χ4v) is 6.01. The number of hydrogen-bond acceptors (Lipinski definition) is 5. The number of nitrogens with one attached hydrogen (secondary N) is 2. The Labute approximate surface area is 247 Å². The molecule has 1 aliphatic heterocycles. The standard InChI is InChI=1S/C35H40N6O/c1-24(41-19-17-29(18-20-41)37-30-13-12-27-5-3-4-6-28(27)21-30)35(42)38-31-14-15-33-32(22-31)39-34(40(33)2)16-11-25-7-9-26(23-36)10-8-25/h3-10,12-15,21-22,24,29,37H,11,16-20,23,36H2,1-2H3,(H,38,42). The van der Waals surface area contributed by atoms with Gasteiger partial charge >= 0.3 is 0 Å². The van der Waals surface area contributed by atoms with Crippen molar-refractivity contribution in [3.8, 4) is 0 Å². The van der Waals surface area contributed by atoms with Gasteiger partial charge in [-0.05, 0) is 78.4 Å². The Hall–Kier alpha value is -4.20. The van der Waals surface area contributed by atoms with Crippen LogP contribution in [-0.2, 0) is 31.2 Å². The lowest BCUT2D eigenvalue weighted by Gasteiger charge is -2.36. The summed E-state index contributed by atoms with van der Waals surface area (Å²) in [5.41, 5.74) is 12.0. The van der Waals surface area contributed by atoms with Crippen LogP contribution in [0.1, 0.15) is 36.7 Å². The van der Waals surface area contributed by atoms with Gasteiger partial charge in [-0.25, -0.2) is 4.98 Å². The lowest BCUT2D eigenvalue weighted by molar-refractivity contribution is -0.121. The number of aromatic nitrogens is 2. The number of carbonyl (C=O) groups is 1. The number of benzene rings is 4. The van der Waals surface area contributed by atoms with Crippen LogP contribution < -0.4 is 16.4 Å². The quantitative estimate of drug-likeness (QED) is 0.210. The first-order valence-corrected chi connectivity index (χ1v) is 15.0. The van der Waals surface area contributed by atoms with Crippen molar-refractivity contribution in [2.75, 3.05) is 23.7 Å². The third kappa shape index (κ3) is 6.17. The number of likely N-dealkylation sites (tertiary alicyclic amines) is 1. The number of imidazole rings is 1. The molecule has 2 heterocycles. The van der Waals surface area contributed by atoms with E-state index in [1.165, 1.54) is 16.3 Å². The minimum absolute atomic E-state index is 0.0207. The van der Waals surface area contributed by atoms with Gasteiger partial charge in [0.15, 0.2) is 0 Å². The molecule has 1 saturated heterocycles. The monoisotopic (exact) mass is 560 g/mol. The molecule has 0 aliphatic carbocycles. The fraction of sp³-hybridized carbons (Fsp3) is 0.314. The summed E-state index contributed by atoms with van der Waals surface area (Å²) in [4.78, 5) is 20.4. The zero-order valence-corrected chi connectivity index (χ0v) is 24.5. The minimum atomic E-state index is -0.202. The molecule has 216 valence electrons. The van der Waals surface area contributed by atoms with E-state index in [0.717, 1.165) is 72.6 Å². The normalized spacial score (nSPS) is 15.2. The molecule has 1 fully saturated rings. The summed E-state index contributed by atoms with van der Waals surface area (Å²) in [6.45, 7) is 4.34. The van der Waals surface area contributed by atoms with Crippen molar-refractivity contribution >= 4 is 39.1 Å². The second kappa shape index (κ2) is 12.3. The van der Waals surface area contributed by atoms with Crippen molar-refractivity contribution < 1.29 is 4.79 Å². The molecule has 7 nitrogen and oxygen atoms in total. The average Bonchev–Trinajstić information content (AvgIpc) is 3.34. The van der Waals surface area contributed by atoms with Crippen LogP contribution in [0.15, 0.2) is 84.9 Å². The molecule has 4 aromatic carbocycles. The van der Waals surface area contributed by atoms with E-state index >= 15 is 0 Å². The molecule has 1 amide bonds. The molecule has 1 atom stereocenters. The smallest absolute Gasteiger partial charge is 0.241 e. The van der Waals surface area contributed by atoms with Crippen molar-refractivity contribution in [3.63, 3.8) is 0 Å². The third-order valence-corrected chi connectivity index (χ3v) is 8.71. The number of nitrogens with two attached hydrogens (primary N) is 1. The molecule has 1 aliphatic rings. The third-order valence-electron chi connectivity index (χ3n) is 8.71. The van der Waals surface area contributed by atoms with Crippen LogP contribution >= 0.6 is 0 Å².